The zero-order valence-electron chi connectivity index (χ0n) is 16.6. The largest absolute Gasteiger partial charge is 0.376 e. The molecule has 7 heteroatoms. The second-order valence-electron chi connectivity index (χ2n) is 7.74. The Labute approximate surface area is 175 Å². The Kier molecular flexibility index (Phi) is 7.14. The highest BCUT2D eigenvalue weighted by atomic mass is 32.1. The number of hydrogen-bond acceptors (Lipinski definition) is 6. The number of rotatable bonds is 9. The predicted molar refractivity (Wildman–Crippen MR) is 112 cm³/mol. The van der Waals surface area contributed by atoms with E-state index in [1.54, 1.807) is 11.3 Å². The van der Waals surface area contributed by atoms with E-state index in [9.17, 15) is 4.79 Å². The summed E-state index contributed by atoms with van der Waals surface area (Å²) >= 11 is 1.60. The van der Waals surface area contributed by atoms with Gasteiger partial charge >= 0.3 is 0 Å². The van der Waals surface area contributed by atoms with Crippen molar-refractivity contribution in [1.82, 2.24) is 10.1 Å². The standard InChI is InChI=1S/C22H28N2O4S/c25-22(16-26-15-18-12-20(28-23-18)21-9-5-11-29-21)24(14-19-8-4-10-27-19)13-17-6-2-1-3-7-17/h1-2,5,9,11-12,17,19H,3-4,6-8,10,13-16H2. The van der Waals surface area contributed by atoms with Crippen molar-refractivity contribution in [3.63, 3.8) is 0 Å². The molecule has 6 nitrogen and oxygen atoms in total. The van der Waals surface area contributed by atoms with Gasteiger partial charge in [0.1, 0.15) is 12.3 Å². The van der Waals surface area contributed by atoms with Crippen molar-refractivity contribution >= 4 is 17.2 Å². The van der Waals surface area contributed by atoms with Crippen molar-refractivity contribution in [2.45, 2.75) is 44.8 Å². The molecule has 0 N–H and O–H groups in total. The van der Waals surface area contributed by atoms with Crippen LogP contribution < -0.4 is 0 Å². The van der Waals surface area contributed by atoms with E-state index in [1.807, 2.05) is 28.5 Å². The van der Waals surface area contributed by atoms with Gasteiger partial charge in [0, 0.05) is 25.8 Å². The van der Waals surface area contributed by atoms with Crippen LogP contribution in [0.1, 0.15) is 37.8 Å². The second-order valence-corrected chi connectivity index (χ2v) is 8.68. The highest BCUT2D eigenvalue weighted by Crippen LogP contribution is 2.25. The minimum atomic E-state index is 0.0250. The lowest BCUT2D eigenvalue weighted by atomic mass is 9.94. The van der Waals surface area contributed by atoms with Gasteiger partial charge in [0.2, 0.25) is 5.91 Å². The van der Waals surface area contributed by atoms with Crippen molar-refractivity contribution in [2.24, 2.45) is 5.92 Å². The topological polar surface area (TPSA) is 64.8 Å². The summed E-state index contributed by atoms with van der Waals surface area (Å²) in [7, 11) is 0. The third-order valence-electron chi connectivity index (χ3n) is 5.46. The molecule has 1 fully saturated rings. The number of carbonyl (C=O) groups excluding carboxylic acids is 1. The van der Waals surface area contributed by atoms with Gasteiger partial charge < -0.3 is 18.9 Å². The van der Waals surface area contributed by atoms with Gasteiger partial charge in [-0.05, 0) is 49.5 Å². The first kappa shape index (κ1) is 20.3. The number of hydrogen-bond donors (Lipinski definition) is 0. The van der Waals surface area contributed by atoms with Crippen LogP contribution in [0, 0.1) is 5.92 Å². The fourth-order valence-corrected chi connectivity index (χ4v) is 4.57. The zero-order chi connectivity index (χ0) is 19.9. The van der Waals surface area contributed by atoms with E-state index in [-0.39, 0.29) is 25.2 Å². The van der Waals surface area contributed by atoms with E-state index < -0.39 is 0 Å². The third kappa shape index (κ3) is 5.78. The van der Waals surface area contributed by atoms with Gasteiger partial charge in [-0.3, -0.25) is 4.79 Å². The van der Waals surface area contributed by atoms with Crippen LogP contribution in [0.15, 0.2) is 40.3 Å². The maximum absolute atomic E-state index is 12.9. The van der Waals surface area contributed by atoms with Gasteiger partial charge in [-0.1, -0.05) is 23.4 Å². The minimum absolute atomic E-state index is 0.0250. The van der Waals surface area contributed by atoms with E-state index in [4.69, 9.17) is 14.0 Å². The van der Waals surface area contributed by atoms with Gasteiger partial charge in [0.05, 0.1) is 17.6 Å². The maximum Gasteiger partial charge on any atom is 0.248 e. The van der Waals surface area contributed by atoms with Crippen molar-refractivity contribution < 1.29 is 18.8 Å². The highest BCUT2D eigenvalue weighted by molar-refractivity contribution is 7.13. The molecule has 156 valence electrons. The molecule has 3 heterocycles. The fourth-order valence-electron chi connectivity index (χ4n) is 3.90. The fraction of sp³-hybridized carbons (Fsp3) is 0.545. The van der Waals surface area contributed by atoms with Crippen LogP contribution in [0.3, 0.4) is 0 Å². The average molecular weight is 417 g/mol. The Balaban J connectivity index is 1.29. The molecular weight excluding hydrogens is 388 g/mol. The molecule has 0 bridgehead atoms. The Morgan fingerprint density at radius 2 is 2.28 bits per heavy atom. The number of thiophene rings is 1. The third-order valence-corrected chi connectivity index (χ3v) is 6.34. The molecule has 2 aromatic rings. The zero-order valence-corrected chi connectivity index (χ0v) is 17.4. The summed E-state index contributed by atoms with van der Waals surface area (Å²) in [5, 5.41) is 6.04. The molecule has 0 spiro atoms. The lowest BCUT2D eigenvalue weighted by Crippen LogP contribution is -2.42. The highest BCUT2D eigenvalue weighted by Gasteiger charge is 2.25. The summed E-state index contributed by atoms with van der Waals surface area (Å²) in [6.07, 6.45) is 10.00. The number of aromatic nitrogens is 1. The molecule has 2 unspecified atom stereocenters. The molecule has 0 radical (unpaired) electrons. The van der Waals surface area contributed by atoms with Gasteiger partial charge in [0.25, 0.3) is 0 Å². The Morgan fingerprint density at radius 3 is 3.03 bits per heavy atom. The maximum atomic E-state index is 12.9. The van der Waals surface area contributed by atoms with Crippen LogP contribution in [-0.2, 0) is 20.9 Å². The molecule has 0 aromatic carbocycles. The first-order valence-corrected chi connectivity index (χ1v) is 11.3. The van der Waals surface area contributed by atoms with Crippen molar-refractivity contribution in [1.29, 1.82) is 0 Å². The van der Waals surface area contributed by atoms with Gasteiger partial charge in [-0.25, -0.2) is 0 Å². The summed E-state index contributed by atoms with van der Waals surface area (Å²) in [4.78, 5) is 15.8. The summed E-state index contributed by atoms with van der Waals surface area (Å²) < 4.78 is 16.8. The summed E-state index contributed by atoms with van der Waals surface area (Å²) in [6, 6.07) is 5.83. The number of ether oxygens (including phenoxy) is 2. The van der Waals surface area contributed by atoms with E-state index in [2.05, 4.69) is 17.3 Å². The molecule has 1 aliphatic carbocycles. The Bertz CT molecular complexity index is 796. The number of allylic oxidation sites excluding steroid dienone is 2. The quantitative estimate of drug-likeness (QED) is 0.571. The second kappa shape index (κ2) is 10.2. The molecule has 1 amide bonds. The summed E-state index contributed by atoms with van der Waals surface area (Å²) in [6.45, 7) is 2.55. The summed E-state index contributed by atoms with van der Waals surface area (Å²) in [5.74, 6) is 1.28. The van der Waals surface area contributed by atoms with Crippen LogP contribution in [0.4, 0.5) is 0 Å². The Hall–Kier alpha value is -1.96. The lowest BCUT2D eigenvalue weighted by molar-refractivity contribution is -0.139. The van der Waals surface area contributed by atoms with Crippen molar-refractivity contribution in [3.8, 4) is 10.6 Å². The monoisotopic (exact) mass is 416 g/mol. The molecule has 29 heavy (non-hydrogen) atoms. The lowest BCUT2D eigenvalue weighted by Gasteiger charge is -2.30. The minimum Gasteiger partial charge on any atom is -0.376 e. The first-order chi connectivity index (χ1) is 14.3. The number of carbonyl (C=O) groups is 1. The smallest absolute Gasteiger partial charge is 0.248 e. The molecule has 2 aliphatic rings. The van der Waals surface area contributed by atoms with Gasteiger partial charge in [0.15, 0.2) is 5.76 Å². The molecular formula is C22H28N2O4S. The van der Waals surface area contributed by atoms with Crippen LogP contribution in [0.25, 0.3) is 10.6 Å². The van der Waals surface area contributed by atoms with E-state index in [0.717, 1.165) is 55.9 Å². The normalized spacial score (nSPS) is 21.5. The van der Waals surface area contributed by atoms with Gasteiger partial charge in [-0.2, -0.15) is 0 Å². The van der Waals surface area contributed by atoms with Crippen LogP contribution in [0.2, 0.25) is 0 Å². The van der Waals surface area contributed by atoms with Crippen molar-refractivity contribution in [3.05, 3.63) is 41.4 Å². The molecule has 2 aromatic heterocycles. The number of amides is 1. The van der Waals surface area contributed by atoms with Gasteiger partial charge in [-0.15, -0.1) is 11.3 Å². The summed E-state index contributed by atoms with van der Waals surface area (Å²) in [5.41, 5.74) is 0.698. The predicted octanol–water partition coefficient (Wildman–Crippen LogP) is 4.28. The van der Waals surface area contributed by atoms with E-state index in [1.165, 1.54) is 0 Å². The molecule has 1 saturated heterocycles. The van der Waals surface area contributed by atoms with Crippen LogP contribution >= 0.6 is 11.3 Å². The van der Waals surface area contributed by atoms with Crippen LogP contribution in [0.5, 0.6) is 0 Å². The molecule has 0 saturated carbocycles. The molecule has 4 rings (SSSR count). The Morgan fingerprint density at radius 1 is 1.31 bits per heavy atom. The molecule has 2 atom stereocenters. The van der Waals surface area contributed by atoms with E-state index >= 15 is 0 Å². The van der Waals surface area contributed by atoms with E-state index in [0.29, 0.717) is 18.2 Å². The van der Waals surface area contributed by atoms with Crippen molar-refractivity contribution in [2.75, 3.05) is 26.3 Å². The first-order valence-electron chi connectivity index (χ1n) is 10.4. The molecule has 1 aliphatic heterocycles. The van der Waals surface area contributed by atoms with Crippen LogP contribution in [-0.4, -0.2) is 48.4 Å². The number of nitrogens with zero attached hydrogens (tertiary/aromatic N) is 2. The SMILES string of the molecule is O=C(COCc1cc(-c2cccs2)on1)N(CC1CC=CCC1)CC1CCCO1. The average Bonchev–Trinajstić information content (AvgIpc) is 3.50.